The Kier molecular flexibility index (Phi) is 7.83. The Labute approximate surface area is 157 Å². The molecule has 0 saturated carbocycles. The van der Waals surface area contributed by atoms with E-state index in [1.807, 2.05) is 0 Å². The Morgan fingerprint density at radius 2 is 1.71 bits per heavy atom. The van der Waals surface area contributed by atoms with Gasteiger partial charge in [0.25, 0.3) is 0 Å². The van der Waals surface area contributed by atoms with Crippen LogP contribution < -0.4 is 9.41 Å². The Balaban J connectivity index is 0.000000438. The quantitative estimate of drug-likeness (QED) is 0.467. The van der Waals surface area contributed by atoms with Gasteiger partial charge in [0, 0.05) is 0 Å². The van der Waals surface area contributed by atoms with Crippen LogP contribution >= 0.6 is 0 Å². The zero-order chi connectivity index (χ0) is 15.5. The van der Waals surface area contributed by atoms with Crippen molar-refractivity contribution in [2.75, 3.05) is 0 Å². The largest absolute Gasteiger partial charge is 1.00 e. The molecule has 24 heavy (non-hydrogen) atoms. The van der Waals surface area contributed by atoms with Crippen LogP contribution in [0.3, 0.4) is 0 Å². The van der Waals surface area contributed by atoms with Crippen molar-refractivity contribution in [2.24, 2.45) is 0 Å². The molecule has 2 aliphatic rings. The molecule has 0 aromatic heterocycles. The molecule has 0 aliphatic heterocycles. The molecule has 0 spiro atoms. The number of benzene rings is 2. The van der Waals surface area contributed by atoms with Gasteiger partial charge in [0.1, 0.15) is 0 Å². The van der Waals surface area contributed by atoms with Crippen LogP contribution in [0.1, 0.15) is 37.0 Å². The van der Waals surface area contributed by atoms with Gasteiger partial charge in [0.2, 0.25) is 0 Å². The van der Waals surface area contributed by atoms with E-state index < -0.39 is 0 Å². The molecule has 2 aliphatic carbocycles. The van der Waals surface area contributed by atoms with E-state index in [4.69, 9.17) is 0 Å². The first-order valence-corrected chi connectivity index (χ1v) is 8.89. The normalized spacial score (nSPS) is 12.8. The maximum Gasteiger partial charge on any atom is -0.0195 e. The van der Waals surface area contributed by atoms with E-state index in [0.29, 0.717) is 0 Å². The van der Waals surface area contributed by atoms with Gasteiger partial charge in [-0.15, -0.1) is 41.0 Å². The second-order valence-electron chi connectivity index (χ2n) is 5.92. The van der Waals surface area contributed by atoms with Crippen molar-refractivity contribution in [3.05, 3.63) is 77.4 Å². The molecule has 0 fully saturated rings. The summed E-state index contributed by atoms with van der Waals surface area (Å²) in [6, 6.07) is 16.7. The zero-order valence-electron chi connectivity index (χ0n) is 13.9. The molecule has 0 nitrogen and oxygen atoms in total. The predicted molar refractivity (Wildman–Crippen MR) is 91.6 cm³/mol. The first kappa shape index (κ1) is 20.6. The van der Waals surface area contributed by atoms with Gasteiger partial charge < -0.3 is 9.41 Å². The van der Waals surface area contributed by atoms with Gasteiger partial charge in [-0.1, -0.05) is 47.5 Å². The maximum absolute atomic E-state index is 3.61. The molecular weight excluding hydrogens is 381 g/mol. The van der Waals surface area contributed by atoms with Crippen LogP contribution in [0.4, 0.5) is 0 Å². The van der Waals surface area contributed by atoms with Crippen molar-refractivity contribution in [1.29, 1.82) is 0 Å². The van der Waals surface area contributed by atoms with E-state index in [-0.39, 0.29) is 9.41 Å². The van der Waals surface area contributed by atoms with Crippen molar-refractivity contribution in [3.63, 3.8) is 0 Å². The molecule has 0 heterocycles. The van der Waals surface area contributed by atoms with Gasteiger partial charge in [0.15, 0.2) is 0 Å². The van der Waals surface area contributed by atoms with Crippen LogP contribution in [0.5, 0.6) is 0 Å². The number of halogens is 2. The standard InChI is InChI=1S/C18H13.C3H6.2FH.Zr/c1-2-6-13(5-1)14-9-10-18-16(11-14)12-15-7-3-4-8-17(15)18;1-3-2;;;/h1-5,7-10H,6,12H2;1-2H3;2*1H;/q-1;;;;+2/p-2. The maximum atomic E-state index is 3.61. The number of hydrogen-bond donors (Lipinski definition) is 0. The summed E-state index contributed by atoms with van der Waals surface area (Å²) in [6.07, 6.45) is 8.60. The van der Waals surface area contributed by atoms with Crippen LogP contribution in [0.2, 0.25) is 0 Å². The number of hydrogen-bond acceptors (Lipinski definition) is 0. The van der Waals surface area contributed by atoms with E-state index in [2.05, 4.69) is 74.5 Å². The summed E-state index contributed by atoms with van der Waals surface area (Å²) in [6.45, 7) is 4.25. The molecule has 4 rings (SSSR count). The van der Waals surface area contributed by atoms with Gasteiger partial charge in [-0.05, 0) is 18.4 Å². The number of allylic oxidation sites excluding steroid dienone is 4. The molecule has 0 bridgehead atoms. The fourth-order valence-electron chi connectivity index (χ4n) is 2.89. The minimum atomic E-state index is 0. The van der Waals surface area contributed by atoms with Crippen LogP contribution in [0.25, 0.3) is 16.7 Å². The fourth-order valence-corrected chi connectivity index (χ4v) is 2.89. The molecule has 0 unspecified atom stereocenters. The average Bonchev–Trinajstić information content (AvgIpc) is 3.13. The third-order valence-corrected chi connectivity index (χ3v) is 3.82. The molecule has 122 valence electrons. The average molecular weight is 401 g/mol. The van der Waals surface area contributed by atoms with E-state index in [0.717, 1.165) is 12.8 Å². The summed E-state index contributed by atoms with van der Waals surface area (Å²) < 4.78 is 1.51. The van der Waals surface area contributed by atoms with Crippen molar-refractivity contribution >= 4 is 8.78 Å². The minimum absolute atomic E-state index is 0. The Morgan fingerprint density at radius 3 is 2.38 bits per heavy atom. The molecule has 0 radical (unpaired) electrons. The summed E-state index contributed by atoms with van der Waals surface area (Å²) in [7, 11) is 0. The monoisotopic (exact) mass is 399 g/mol. The molecule has 2 aromatic rings. The fraction of sp³-hybridized carbons (Fsp3) is 0.190. The van der Waals surface area contributed by atoms with Crippen LogP contribution in [0, 0.1) is 6.07 Å². The van der Waals surface area contributed by atoms with Crippen molar-refractivity contribution in [1.82, 2.24) is 0 Å². The SMILES string of the molecule is C[C](C)=[Zr+2].[F-].[F-].[c-]1c(C2=CC=CC2)ccc2c1Cc1ccccc1-2. The topological polar surface area (TPSA) is 0 Å². The van der Waals surface area contributed by atoms with Crippen molar-refractivity contribution < 1.29 is 33.6 Å². The smallest absolute Gasteiger partial charge is 0.0195 e. The molecule has 2 aromatic carbocycles. The van der Waals surface area contributed by atoms with E-state index in [1.165, 1.54) is 36.6 Å². The van der Waals surface area contributed by atoms with Crippen molar-refractivity contribution in [2.45, 2.75) is 26.7 Å². The second-order valence-corrected chi connectivity index (χ2v) is 8.38. The van der Waals surface area contributed by atoms with Crippen molar-refractivity contribution in [3.8, 4) is 11.1 Å². The molecule has 0 amide bonds. The zero-order valence-corrected chi connectivity index (χ0v) is 16.3. The van der Waals surface area contributed by atoms with Crippen LogP contribution in [-0.2, 0) is 30.7 Å². The van der Waals surface area contributed by atoms with E-state index in [1.54, 1.807) is 24.2 Å². The number of rotatable bonds is 1. The summed E-state index contributed by atoms with van der Waals surface area (Å²) in [5.41, 5.74) is 8.16. The Morgan fingerprint density at radius 1 is 1.00 bits per heavy atom. The summed E-state index contributed by atoms with van der Waals surface area (Å²) in [5, 5.41) is 0. The summed E-state index contributed by atoms with van der Waals surface area (Å²) >= 11 is 1.55. The first-order chi connectivity index (χ1) is 10.6. The molecule has 0 atom stereocenters. The Bertz CT molecular complexity index is 784. The third-order valence-electron chi connectivity index (χ3n) is 3.82. The van der Waals surface area contributed by atoms with Gasteiger partial charge in [-0.25, -0.2) is 0 Å². The first-order valence-electron chi connectivity index (χ1n) is 7.66. The number of fused-ring (bicyclic) bond motifs is 3. The van der Waals surface area contributed by atoms with Gasteiger partial charge in [0.05, 0.1) is 0 Å². The minimum Gasteiger partial charge on any atom is -1.00 e. The van der Waals surface area contributed by atoms with Gasteiger partial charge >= 0.3 is 41.3 Å². The third kappa shape index (κ3) is 4.54. The Hall–Kier alpha value is -1.47. The predicted octanol–water partition coefficient (Wildman–Crippen LogP) is -0.845. The van der Waals surface area contributed by atoms with Crippen LogP contribution in [0.15, 0.2) is 54.6 Å². The molecular formula is C21H19F2Zr-. The van der Waals surface area contributed by atoms with Crippen LogP contribution in [-0.4, -0.2) is 3.21 Å². The van der Waals surface area contributed by atoms with E-state index in [9.17, 15) is 0 Å². The molecule has 0 saturated heterocycles. The second kappa shape index (κ2) is 9.13. The van der Waals surface area contributed by atoms with Gasteiger partial charge in [-0.3, -0.25) is 0 Å². The molecule has 3 heteroatoms. The summed E-state index contributed by atoms with van der Waals surface area (Å²) in [4.78, 5) is 0. The molecule has 0 N–H and O–H groups in total. The van der Waals surface area contributed by atoms with Gasteiger partial charge in [-0.2, -0.15) is 0 Å². The summed E-state index contributed by atoms with van der Waals surface area (Å²) in [5.74, 6) is 0. The van der Waals surface area contributed by atoms with E-state index >= 15 is 0 Å².